The number of hydrogen-bond donors (Lipinski definition) is 1. The van der Waals surface area contributed by atoms with Crippen LogP contribution in [0.1, 0.15) is 66.1 Å². The minimum absolute atomic E-state index is 0.109. The Labute approximate surface area is 166 Å². The van der Waals surface area contributed by atoms with Gasteiger partial charge < -0.3 is 24.0 Å². The molecule has 1 saturated heterocycles. The van der Waals surface area contributed by atoms with Gasteiger partial charge in [-0.3, -0.25) is 4.79 Å². The highest BCUT2D eigenvalue weighted by atomic mass is 16.6. The van der Waals surface area contributed by atoms with E-state index in [4.69, 9.17) is 14.0 Å². The molecular weight excluding hydrogens is 364 g/mol. The molecule has 0 bridgehead atoms. The lowest BCUT2D eigenvalue weighted by Gasteiger charge is -2.39. The molecule has 1 aromatic heterocycles. The standard InChI is InChI=1S/C20H32N2O6/c1-13(2)16(17(23)24)14-11-15(21-28-14)26-12-20(6)7-9-22(10-8-20)18(25)27-19(3,4)5/h11,13,16H,7-10,12H2,1-6H3,(H,23,24). The number of rotatable bonds is 6. The minimum atomic E-state index is -0.945. The monoisotopic (exact) mass is 396 g/mol. The zero-order valence-corrected chi connectivity index (χ0v) is 17.7. The van der Waals surface area contributed by atoms with Crippen molar-refractivity contribution < 1.29 is 28.7 Å². The molecule has 158 valence electrons. The zero-order chi connectivity index (χ0) is 21.1. The number of piperidine rings is 1. The van der Waals surface area contributed by atoms with E-state index in [-0.39, 0.29) is 23.3 Å². The molecular formula is C20H32N2O6. The molecule has 1 aliphatic heterocycles. The number of carbonyl (C=O) groups is 2. The smallest absolute Gasteiger partial charge is 0.410 e. The molecule has 0 radical (unpaired) electrons. The van der Waals surface area contributed by atoms with E-state index in [1.807, 2.05) is 34.6 Å². The molecule has 0 aliphatic carbocycles. The second-order valence-electron chi connectivity index (χ2n) is 9.19. The molecule has 0 spiro atoms. The largest absolute Gasteiger partial charge is 0.481 e. The van der Waals surface area contributed by atoms with E-state index in [9.17, 15) is 14.7 Å². The van der Waals surface area contributed by atoms with Crippen molar-refractivity contribution in [1.29, 1.82) is 0 Å². The van der Waals surface area contributed by atoms with Gasteiger partial charge in [-0.1, -0.05) is 20.8 Å². The number of amides is 1. The highest BCUT2D eigenvalue weighted by Crippen LogP contribution is 2.33. The quantitative estimate of drug-likeness (QED) is 0.777. The van der Waals surface area contributed by atoms with Gasteiger partial charge >= 0.3 is 12.1 Å². The van der Waals surface area contributed by atoms with Crippen molar-refractivity contribution in [3.8, 4) is 5.88 Å². The van der Waals surface area contributed by atoms with Crippen molar-refractivity contribution in [3.63, 3.8) is 0 Å². The second-order valence-corrected chi connectivity index (χ2v) is 9.19. The lowest BCUT2D eigenvalue weighted by atomic mass is 9.81. The molecule has 1 unspecified atom stereocenters. The summed E-state index contributed by atoms with van der Waals surface area (Å²) in [7, 11) is 0. The van der Waals surface area contributed by atoms with E-state index in [2.05, 4.69) is 12.1 Å². The Morgan fingerprint density at radius 1 is 1.32 bits per heavy atom. The van der Waals surface area contributed by atoms with Crippen molar-refractivity contribution >= 4 is 12.1 Å². The Hall–Kier alpha value is -2.25. The normalized spacial score (nSPS) is 18.0. The third kappa shape index (κ3) is 5.87. The Kier molecular flexibility index (Phi) is 6.62. The number of carboxylic acid groups (broad SMARTS) is 1. The highest BCUT2D eigenvalue weighted by molar-refractivity contribution is 5.75. The summed E-state index contributed by atoms with van der Waals surface area (Å²) in [5.74, 6) is -1.23. The van der Waals surface area contributed by atoms with Gasteiger partial charge in [0.05, 0.1) is 6.61 Å². The maximum atomic E-state index is 12.2. The van der Waals surface area contributed by atoms with Crippen molar-refractivity contribution in [3.05, 3.63) is 11.8 Å². The number of nitrogens with zero attached hydrogens (tertiary/aromatic N) is 2. The highest BCUT2D eigenvalue weighted by Gasteiger charge is 2.35. The molecule has 1 N–H and O–H groups in total. The van der Waals surface area contributed by atoms with Crippen molar-refractivity contribution in [2.75, 3.05) is 19.7 Å². The van der Waals surface area contributed by atoms with E-state index >= 15 is 0 Å². The SMILES string of the molecule is CC(C)C(C(=O)O)c1cc(OCC2(C)CCN(C(=O)OC(C)(C)C)CC2)no1. The summed E-state index contributed by atoms with van der Waals surface area (Å²) in [5.41, 5.74) is -0.614. The first kappa shape index (κ1) is 22.0. The van der Waals surface area contributed by atoms with Gasteiger partial charge in [-0.2, -0.15) is 0 Å². The Bertz CT molecular complexity index is 683. The van der Waals surface area contributed by atoms with Gasteiger partial charge in [0, 0.05) is 24.6 Å². The van der Waals surface area contributed by atoms with Gasteiger partial charge in [-0.15, -0.1) is 0 Å². The van der Waals surface area contributed by atoms with Crippen LogP contribution >= 0.6 is 0 Å². The lowest BCUT2D eigenvalue weighted by molar-refractivity contribution is -0.140. The number of ether oxygens (including phenoxy) is 2. The third-order valence-electron chi connectivity index (χ3n) is 4.94. The number of hydrogen-bond acceptors (Lipinski definition) is 6. The van der Waals surface area contributed by atoms with Crippen LogP contribution in [0.5, 0.6) is 5.88 Å². The predicted octanol–water partition coefficient (Wildman–Crippen LogP) is 3.91. The van der Waals surface area contributed by atoms with Crippen molar-refractivity contribution in [1.82, 2.24) is 10.1 Å². The van der Waals surface area contributed by atoms with Gasteiger partial charge in [0.15, 0.2) is 5.76 Å². The number of aromatic nitrogens is 1. The van der Waals surface area contributed by atoms with Crippen LogP contribution < -0.4 is 4.74 Å². The summed E-state index contributed by atoms with van der Waals surface area (Å²) < 4.78 is 16.4. The van der Waals surface area contributed by atoms with Crippen LogP contribution in [-0.4, -0.2) is 52.5 Å². The van der Waals surface area contributed by atoms with Gasteiger partial charge in [-0.25, -0.2) is 4.79 Å². The first-order valence-corrected chi connectivity index (χ1v) is 9.70. The van der Waals surface area contributed by atoms with Gasteiger partial charge in [0.25, 0.3) is 5.88 Å². The molecule has 0 saturated carbocycles. The molecule has 0 aromatic carbocycles. The van der Waals surface area contributed by atoms with Crippen molar-refractivity contribution in [2.24, 2.45) is 11.3 Å². The topological polar surface area (TPSA) is 102 Å². The van der Waals surface area contributed by atoms with E-state index in [1.54, 1.807) is 11.0 Å². The summed E-state index contributed by atoms with van der Waals surface area (Å²) in [6.07, 6.45) is 1.27. The van der Waals surface area contributed by atoms with E-state index in [1.165, 1.54) is 0 Å². The Morgan fingerprint density at radius 2 is 1.93 bits per heavy atom. The number of likely N-dealkylation sites (tertiary alicyclic amines) is 1. The first-order chi connectivity index (χ1) is 12.9. The molecule has 1 amide bonds. The van der Waals surface area contributed by atoms with Gasteiger partial charge in [-0.05, 0) is 44.7 Å². The first-order valence-electron chi connectivity index (χ1n) is 9.70. The van der Waals surface area contributed by atoms with E-state index in [0.717, 1.165) is 12.8 Å². The molecule has 2 rings (SSSR count). The van der Waals surface area contributed by atoms with Crippen LogP contribution in [0.4, 0.5) is 4.79 Å². The summed E-state index contributed by atoms with van der Waals surface area (Å²) >= 11 is 0. The fourth-order valence-corrected chi connectivity index (χ4v) is 3.17. The fraction of sp³-hybridized carbons (Fsp3) is 0.750. The Morgan fingerprint density at radius 3 is 2.43 bits per heavy atom. The molecule has 8 heteroatoms. The van der Waals surface area contributed by atoms with Gasteiger partial charge in [0.2, 0.25) is 0 Å². The molecule has 1 fully saturated rings. The predicted molar refractivity (Wildman–Crippen MR) is 102 cm³/mol. The molecule has 1 aliphatic rings. The number of carbonyl (C=O) groups excluding carboxylic acids is 1. The Balaban J connectivity index is 1.89. The average molecular weight is 396 g/mol. The zero-order valence-electron chi connectivity index (χ0n) is 17.7. The van der Waals surface area contributed by atoms with Gasteiger partial charge in [0.1, 0.15) is 11.5 Å². The summed E-state index contributed by atoms with van der Waals surface area (Å²) in [6, 6.07) is 1.55. The van der Waals surface area contributed by atoms with E-state index < -0.39 is 17.5 Å². The van der Waals surface area contributed by atoms with Crippen LogP contribution in [0.25, 0.3) is 0 Å². The van der Waals surface area contributed by atoms with Crippen LogP contribution in [0.15, 0.2) is 10.6 Å². The van der Waals surface area contributed by atoms with Crippen LogP contribution in [-0.2, 0) is 9.53 Å². The molecule has 2 heterocycles. The second kappa shape index (κ2) is 8.41. The molecule has 1 aromatic rings. The molecule has 8 nitrogen and oxygen atoms in total. The van der Waals surface area contributed by atoms with Crippen LogP contribution in [0.2, 0.25) is 0 Å². The minimum Gasteiger partial charge on any atom is -0.481 e. The lowest BCUT2D eigenvalue weighted by Crippen LogP contribution is -2.46. The summed E-state index contributed by atoms with van der Waals surface area (Å²) in [4.78, 5) is 25.3. The summed E-state index contributed by atoms with van der Waals surface area (Å²) in [6.45, 7) is 12.9. The maximum Gasteiger partial charge on any atom is 0.410 e. The average Bonchev–Trinajstić information content (AvgIpc) is 3.00. The van der Waals surface area contributed by atoms with Crippen LogP contribution in [0, 0.1) is 11.3 Å². The maximum absolute atomic E-state index is 12.2. The van der Waals surface area contributed by atoms with E-state index in [0.29, 0.717) is 25.5 Å². The van der Waals surface area contributed by atoms with Crippen LogP contribution in [0.3, 0.4) is 0 Å². The van der Waals surface area contributed by atoms with Crippen molar-refractivity contribution in [2.45, 2.75) is 65.9 Å². The molecule has 1 atom stereocenters. The number of aliphatic carboxylic acids is 1. The fourth-order valence-electron chi connectivity index (χ4n) is 3.17. The number of carboxylic acids is 1. The molecule has 28 heavy (non-hydrogen) atoms. The summed E-state index contributed by atoms with van der Waals surface area (Å²) in [5, 5.41) is 13.2. The third-order valence-corrected chi connectivity index (χ3v) is 4.94.